The molecule has 0 saturated carbocycles. The Kier molecular flexibility index (Phi) is 6.80. The number of hydrogen-bond donors (Lipinski definition) is 0. The number of pyridine rings is 2. The smallest absolute Gasteiger partial charge is 0.145 e. The maximum Gasteiger partial charge on any atom is 0.145 e. The highest BCUT2D eigenvalue weighted by Gasteiger charge is 2.35. The van der Waals surface area contributed by atoms with Crippen molar-refractivity contribution in [3.63, 3.8) is 0 Å². The minimum Gasteiger partial charge on any atom is -0.292 e. The van der Waals surface area contributed by atoms with Crippen LogP contribution < -0.4 is 0 Å². The van der Waals surface area contributed by atoms with Gasteiger partial charge >= 0.3 is 0 Å². The number of benzene rings is 6. The Labute approximate surface area is 302 Å². The number of rotatable bonds is 5. The summed E-state index contributed by atoms with van der Waals surface area (Å²) >= 11 is 0. The molecule has 0 aliphatic heterocycles. The molecule has 0 spiro atoms. The van der Waals surface area contributed by atoms with E-state index in [9.17, 15) is 0 Å². The lowest BCUT2D eigenvalue weighted by molar-refractivity contribution is 0.660. The van der Waals surface area contributed by atoms with E-state index in [-0.39, 0.29) is 5.41 Å². The second kappa shape index (κ2) is 11.7. The molecule has 52 heavy (non-hydrogen) atoms. The highest BCUT2D eigenvalue weighted by molar-refractivity contribution is 5.97. The minimum atomic E-state index is -0.0511. The van der Waals surface area contributed by atoms with E-state index in [4.69, 9.17) is 9.97 Å². The van der Waals surface area contributed by atoms with Crippen molar-refractivity contribution in [3.8, 4) is 61.7 Å². The van der Waals surface area contributed by atoms with Gasteiger partial charge in [0.05, 0.1) is 11.2 Å². The van der Waals surface area contributed by atoms with Crippen LogP contribution in [-0.2, 0) is 5.41 Å². The second-order valence-electron chi connectivity index (χ2n) is 14.2. The summed E-state index contributed by atoms with van der Waals surface area (Å²) in [7, 11) is 0. The Hall–Kier alpha value is -6.65. The summed E-state index contributed by atoms with van der Waals surface area (Å²) < 4.78 is 2.27. The molecule has 9 aromatic rings. The molecule has 0 atom stereocenters. The predicted octanol–water partition coefficient (Wildman–Crippen LogP) is 11.9. The topological polar surface area (TPSA) is 43.6 Å². The summed E-state index contributed by atoms with van der Waals surface area (Å²) in [6.45, 7) is 4.65. The van der Waals surface area contributed by atoms with Crippen LogP contribution in [0.3, 0.4) is 0 Å². The average molecular weight is 667 g/mol. The molecule has 0 amide bonds. The first-order valence-corrected chi connectivity index (χ1v) is 17.8. The zero-order valence-electron chi connectivity index (χ0n) is 29.0. The summed E-state index contributed by atoms with van der Waals surface area (Å²) in [5.41, 5.74) is 15.6. The number of para-hydroxylation sites is 1. The normalized spacial score (nSPS) is 13.0. The van der Waals surface area contributed by atoms with Gasteiger partial charge in [0.1, 0.15) is 11.3 Å². The molecular formula is C48H34N4. The van der Waals surface area contributed by atoms with Crippen molar-refractivity contribution in [2.75, 3.05) is 0 Å². The fraction of sp³-hybridized carbons (Fsp3) is 0.0625. The van der Waals surface area contributed by atoms with E-state index in [0.717, 1.165) is 56.1 Å². The summed E-state index contributed by atoms with van der Waals surface area (Å²) in [6.07, 6.45) is 5.66. The highest BCUT2D eigenvalue weighted by atomic mass is 15.1. The molecule has 0 saturated heterocycles. The van der Waals surface area contributed by atoms with Gasteiger partial charge in [0, 0.05) is 46.4 Å². The quantitative estimate of drug-likeness (QED) is 0.184. The van der Waals surface area contributed by atoms with Crippen molar-refractivity contribution in [2.45, 2.75) is 19.3 Å². The van der Waals surface area contributed by atoms with E-state index in [1.807, 2.05) is 24.7 Å². The molecule has 1 aliphatic carbocycles. The molecule has 246 valence electrons. The number of imidazole rings is 1. The van der Waals surface area contributed by atoms with E-state index in [0.29, 0.717) is 0 Å². The zero-order valence-corrected chi connectivity index (χ0v) is 29.0. The third kappa shape index (κ3) is 4.79. The first kappa shape index (κ1) is 30.2. The molecule has 0 bridgehead atoms. The Morgan fingerprint density at radius 2 is 1.23 bits per heavy atom. The summed E-state index contributed by atoms with van der Waals surface area (Å²) in [4.78, 5) is 14.9. The third-order valence-electron chi connectivity index (χ3n) is 10.7. The maximum absolute atomic E-state index is 5.48. The molecule has 10 rings (SSSR count). The average Bonchev–Trinajstić information content (AvgIpc) is 3.71. The summed E-state index contributed by atoms with van der Waals surface area (Å²) in [5, 5.41) is 2.38. The Morgan fingerprint density at radius 3 is 2.08 bits per heavy atom. The van der Waals surface area contributed by atoms with Crippen LogP contribution in [0.2, 0.25) is 0 Å². The first-order chi connectivity index (χ1) is 25.5. The van der Waals surface area contributed by atoms with Crippen LogP contribution >= 0.6 is 0 Å². The van der Waals surface area contributed by atoms with Gasteiger partial charge in [-0.05, 0) is 104 Å². The van der Waals surface area contributed by atoms with E-state index in [1.165, 1.54) is 38.6 Å². The molecule has 0 radical (unpaired) electrons. The van der Waals surface area contributed by atoms with Gasteiger partial charge in [-0.2, -0.15) is 0 Å². The third-order valence-corrected chi connectivity index (χ3v) is 10.7. The number of fused-ring (bicyclic) bond motifs is 5. The summed E-state index contributed by atoms with van der Waals surface area (Å²) in [5.74, 6) is 0.857. The zero-order chi connectivity index (χ0) is 34.8. The Bertz CT molecular complexity index is 2810. The Morgan fingerprint density at radius 1 is 0.500 bits per heavy atom. The number of nitrogens with zero attached hydrogens (tertiary/aromatic N) is 4. The molecule has 1 aliphatic rings. The predicted molar refractivity (Wildman–Crippen MR) is 213 cm³/mol. The lowest BCUT2D eigenvalue weighted by Gasteiger charge is -2.21. The van der Waals surface area contributed by atoms with Gasteiger partial charge < -0.3 is 0 Å². The number of hydrogen-bond acceptors (Lipinski definition) is 3. The van der Waals surface area contributed by atoms with Crippen LogP contribution in [0.25, 0.3) is 83.5 Å². The van der Waals surface area contributed by atoms with Crippen molar-refractivity contribution < 1.29 is 0 Å². The molecule has 0 fully saturated rings. The van der Waals surface area contributed by atoms with Gasteiger partial charge in [0.25, 0.3) is 0 Å². The van der Waals surface area contributed by atoms with Crippen LogP contribution in [0, 0.1) is 0 Å². The largest absolute Gasteiger partial charge is 0.292 e. The lowest BCUT2D eigenvalue weighted by atomic mass is 9.82. The highest BCUT2D eigenvalue weighted by Crippen LogP contribution is 2.50. The lowest BCUT2D eigenvalue weighted by Crippen LogP contribution is -2.14. The van der Waals surface area contributed by atoms with E-state index in [2.05, 4.69) is 169 Å². The maximum atomic E-state index is 5.48. The van der Waals surface area contributed by atoms with Crippen molar-refractivity contribution >= 4 is 21.8 Å². The monoisotopic (exact) mass is 666 g/mol. The molecule has 4 heteroatoms. The fourth-order valence-electron chi connectivity index (χ4n) is 8.11. The van der Waals surface area contributed by atoms with Crippen molar-refractivity contribution in [2.24, 2.45) is 0 Å². The van der Waals surface area contributed by atoms with Crippen molar-refractivity contribution in [1.82, 2.24) is 19.5 Å². The SMILES string of the molecule is CC1(C)c2ccccc2-c2cc(-c3cc(-c4cccnc4)cc(-c4nc5c(-c6ccc7ccccc7c6)nccc5n4-c4ccccc4)c3)ccc21. The van der Waals surface area contributed by atoms with Crippen LogP contribution in [0.1, 0.15) is 25.0 Å². The van der Waals surface area contributed by atoms with Gasteiger partial charge in [-0.15, -0.1) is 0 Å². The van der Waals surface area contributed by atoms with Gasteiger partial charge in [0.15, 0.2) is 0 Å². The van der Waals surface area contributed by atoms with Gasteiger partial charge in [-0.25, -0.2) is 4.98 Å². The van der Waals surface area contributed by atoms with E-state index >= 15 is 0 Å². The minimum absolute atomic E-state index is 0.0511. The van der Waals surface area contributed by atoms with E-state index < -0.39 is 0 Å². The second-order valence-corrected chi connectivity index (χ2v) is 14.2. The number of aromatic nitrogens is 4. The molecule has 3 heterocycles. The van der Waals surface area contributed by atoms with E-state index in [1.54, 1.807) is 0 Å². The van der Waals surface area contributed by atoms with Crippen LogP contribution in [0.15, 0.2) is 170 Å². The molecule has 0 N–H and O–H groups in total. The van der Waals surface area contributed by atoms with Crippen molar-refractivity contribution in [3.05, 3.63) is 181 Å². The molecule has 0 unspecified atom stereocenters. The van der Waals surface area contributed by atoms with Gasteiger partial charge in [0.2, 0.25) is 0 Å². The van der Waals surface area contributed by atoms with Gasteiger partial charge in [-0.1, -0.05) is 111 Å². The Balaban J connectivity index is 1.22. The molecule has 3 aromatic heterocycles. The van der Waals surface area contributed by atoms with Crippen LogP contribution in [-0.4, -0.2) is 19.5 Å². The molecule has 4 nitrogen and oxygen atoms in total. The first-order valence-electron chi connectivity index (χ1n) is 17.8. The fourth-order valence-corrected chi connectivity index (χ4v) is 8.11. The van der Waals surface area contributed by atoms with Crippen molar-refractivity contribution in [1.29, 1.82) is 0 Å². The summed E-state index contributed by atoms with van der Waals surface area (Å²) in [6, 6.07) is 54.3. The van der Waals surface area contributed by atoms with Gasteiger partial charge in [-0.3, -0.25) is 14.5 Å². The van der Waals surface area contributed by atoms with Crippen LogP contribution in [0.4, 0.5) is 0 Å². The molecule has 6 aromatic carbocycles. The van der Waals surface area contributed by atoms with Crippen LogP contribution in [0.5, 0.6) is 0 Å². The standard InChI is InChI=1S/C48H34N4/c1-48(2)42-17-9-8-16-40(42)41-29-33(20-21-43(41)48)36-26-37(35-13-10-23-49-30-35)28-38(27-36)47-51-46-44(52(47)39-14-4-3-5-15-39)22-24-50-45(46)34-19-18-31-11-6-7-12-32(31)25-34/h3-30H,1-2H3. The molecular weight excluding hydrogens is 633 g/mol.